The zero-order valence-electron chi connectivity index (χ0n) is 16.8. The van der Waals surface area contributed by atoms with Crippen LogP contribution in [0.3, 0.4) is 0 Å². The van der Waals surface area contributed by atoms with E-state index in [0.717, 1.165) is 22.3 Å². The number of imidazole rings is 1. The van der Waals surface area contributed by atoms with Gasteiger partial charge < -0.3 is 9.72 Å². The Morgan fingerprint density at radius 2 is 1.77 bits per heavy atom. The van der Waals surface area contributed by atoms with Crippen LogP contribution in [0.4, 0.5) is 0 Å². The lowest BCUT2D eigenvalue weighted by Crippen LogP contribution is -2.13. The minimum atomic E-state index is -3.83. The fourth-order valence-corrected chi connectivity index (χ4v) is 4.11. The van der Waals surface area contributed by atoms with Crippen molar-refractivity contribution in [3.63, 3.8) is 0 Å². The Labute approximate surface area is 175 Å². The topological polar surface area (TPSA) is 98.1 Å². The molecule has 3 aromatic carbocycles. The molecule has 4 aromatic rings. The number of hydrogen-bond donors (Lipinski definition) is 2. The molecule has 6 nitrogen and oxygen atoms in total. The predicted molar refractivity (Wildman–Crippen MR) is 118 cm³/mol. The van der Waals surface area contributed by atoms with Gasteiger partial charge in [-0.25, -0.2) is 18.5 Å². The van der Waals surface area contributed by atoms with E-state index in [9.17, 15) is 8.42 Å². The first-order valence-corrected chi connectivity index (χ1v) is 11.2. The average molecular weight is 422 g/mol. The Morgan fingerprint density at radius 3 is 2.47 bits per heavy atom. The van der Waals surface area contributed by atoms with E-state index in [-0.39, 0.29) is 4.90 Å². The van der Waals surface area contributed by atoms with Crippen LogP contribution in [-0.2, 0) is 16.6 Å². The van der Waals surface area contributed by atoms with Crippen LogP contribution in [0, 0.1) is 0 Å². The number of nitrogens with two attached hydrogens (primary N) is 1. The second-order valence-electron chi connectivity index (χ2n) is 7.47. The quantitative estimate of drug-likeness (QED) is 0.476. The number of rotatable bonds is 6. The summed E-state index contributed by atoms with van der Waals surface area (Å²) in [6, 6.07) is 20.3. The van der Waals surface area contributed by atoms with E-state index in [4.69, 9.17) is 9.88 Å². The van der Waals surface area contributed by atoms with Gasteiger partial charge in [-0.3, -0.25) is 0 Å². The molecule has 30 heavy (non-hydrogen) atoms. The van der Waals surface area contributed by atoms with E-state index in [1.165, 1.54) is 11.6 Å². The zero-order chi connectivity index (χ0) is 21.3. The van der Waals surface area contributed by atoms with Crippen molar-refractivity contribution in [1.29, 1.82) is 0 Å². The summed E-state index contributed by atoms with van der Waals surface area (Å²) in [6.45, 7) is 4.61. The van der Waals surface area contributed by atoms with Crippen molar-refractivity contribution in [2.45, 2.75) is 31.3 Å². The van der Waals surface area contributed by atoms with Gasteiger partial charge in [0.2, 0.25) is 10.0 Å². The van der Waals surface area contributed by atoms with Crippen LogP contribution in [0.5, 0.6) is 5.75 Å². The molecule has 7 heteroatoms. The molecule has 0 aliphatic heterocycles. The Bertz CT molecular complexity index is 1290. The maximum Gasteiger partial charge on any atom is 0.238 e. The number of ether oxygens (including phenoxy) is 1. The van der Waals surface area contributed by atoms with Crippen LogP contribution in [-0.4, -0.2) is 18.4 Å². The highest BCUT2D eigenvalue weighted by molar-refractivity contribution is 7.89. The molecule has 0 aliphatic rings. The molecule has 0 spiro atoms. The summed E-state index contributed by atoms with van der Waals surface area (Å²) in [7, 11) is -3.83. The van der Waals surface area contributed by atoms with E-state index in [1.807, 2.05) is 30.3 Å². The maximum absolute atomic E-state index is 11.9. The van der Waals surface area contributed by atoms with Crippen LogP contribution >= 0.6 is 0 Å². The fraction of sp³-hybridized carbons (Fsp3) is 0.174. The van der Waals surface area contributed by atoms with Gasteiger partial charge in [-0.15, -0.1) is 0 Å². The van der Waals surface area contributed by atoms with Gasteiger partial charge in [0.25, 0.3) is 0 Å². The number of sulfonamides is 1. The molecule has 0 saturated carbocycles. The number of hydrogen-bond acceptors (Lipinski definition) is 4. The molecule has 0 radical (unpaired) electrons. The summed E-state index contributed by atoms with van der Waals surface area (Å²) in [4.78, 5) is 7.92. The number of H-pyrrole nitrogens is 1. The molecule has 0 unspecified atom stereocenters. The zero-order valence-corrected chi connectivity index (χ0v) is 17.6. The predicted octanol–water partition coefficient (Wildman–Crippen LogP) is 4.58. The minimum Gasteiger partial charge on any atom is -0.486 e. The Kier molecular flexibility index (Phi) is 5.32. The smallest absolute Gasteiger partial charge is 0.238 e. The molecule has 0 fully saturated rings. The summed E-state index contributed by atoms with van der Waals surface area (Å²) in [5, 5.41) is 5.37. The van der Waals surface area contributed by atoms with Crippen LogP contribution in [0.25, 0.3) is 22.2 Å². The molecule has 4 rings (SSSR count). The van der Waals surface area contributed by atoms with Crippen molar-refractivity contribution >= 4 is 21.1 Å². The third-order valence-electron chi connectivity index (χ3n) is 4.96. The Balaban J connectivity index is 1.58. The number of benzene rings is 3. The van der Waals surface area contributed by atoms with Crippen molar-refractivity contribution in [2.75, 3.05) is 0 Å². The number of nitrogens with one attached hydrogen (secondary N) is 1. The number of aromatic nitrogens is 2. The normalized spacial score (nSPS) is 11.9. The van der Waals surface area contributed by atoms with Crippen LogP contribution in [0.15, 0.2) is 71.6 Å². The van der Waals surface area contributed by atoms with E-state index in [0.29, 0.717) is 23.9 Å². The SMILES string of the molecule is CC(C)c1ccc(OCc2nc3cc(-c4ccccc4S(N)(=O)=O)ccc3[nH]2)cc1. The van der Waals surface area contributed by atoms with Crippen molar-refractivity contribution in [1.82, 2.24) is 9.97 Å². The highest BCUT2D eigenvalue weighted by Gasteiger charge is 2.15. The lowest BCUT2D eigenvalue weighted by atomic mass is 10.0. The molecule has 0 saturated heterocycles. The van der Waals surface area contributed by atoms with Gasteiger partial charge in [0.05, 0.1) is 15.9 Å². The molecule has 0 amide bonds. The van der Waals surface area contributed by atoms with E-state index < -0.39 is 10.0 Å². The van der Waals surface area contributed by atoms with Gasteiger partial charge in [-0.1, -0.05) is 50.2 Å². The van der Waals surface area contributed by atoms with E-state index in [2.05, 4.69) is 35.9 Å². The van der Waals surface area contributed by atoms with Gasteiger partial charge in [-0.2, -0.15) is 0 Å². The second kappa shape index (κ2) is 7.93. The van der Waals surface area contributed by atoms with Gasteiger partial charge in [0.15, 0.2) is 0 Å². The average Bonchev–Trinajstić information content (AvgIpc) is 3.14. The molecule has 0 aliphatic carbocycles. The first-order valence-electron chi connectivity index (χ1n) is 9.65. The third-order valence-corrected chi connectivity index (χ3v) is 5.93. The van der Waals surface area contributed by atoms with Crippen LogP contribution in [0.2, 0.25) is 0 Å². The van der Waals surface area contributed by atoms with E-state index >= 15 is 0 Å². The molecule has 3 N–H and O–H groups in total. The van der Waals surface area contributed by atoms with Crippen molar-refractivity contribution in [3.05, 3.63) is 78.1 Å². The third kappa shape index (κ3) is 4.22. The van der Waals surface area contributed by atoms with Crippen LogP contribution < -0.4 is 9.88 Å². The van der Waals surface area contributed by atoms with E-state index in [1.54, 1.807) is 18.2 Å². The molecule has 1 heterocycles. The summed E-state index contributed by atoms with van der Waals surface area (Å²) in [5.74, 6) is 1.94. The standard InChI is InChI=1S/C23H23N3O3S/c1-15(2)16-7-10-18(11-8-16)29-14-23-25-20-12-9-17(13-21(20)26-23)19-5-3-4-6-22(19)30(24,27)28/h3-13,15H,14H2,1-2H3,(H,25,26)(H2,24,27,28). The Hall–Kier alpha value is -3.16. The molecular formula is C23H23N3O3S. The summed E-state index contributed by atoms with van der Waals surface area (Å²) in [6.07, 6.45) is 0. The van der Waals surface area contributed by atoms with Crippen molar-refractivity contribution in [2.24, 2.45) is 5.14 Å². The monoisotopic (exact) mass is 421 g/mol. The first-order chi connectivity index (χ1) is 14.3. The second-order valence-corrected chi connectivity index (χ2v) is 9.00. The Morgan fingerprint density at radius 1 is 1.03 bits per heavy atom. The molecule has 1 aromatic heterocycles. The summed E-state index contributed by atoms with van der Waals surface area (Å²) in [5.41, 5.74) is 4.12. The van der Waals surface area contributed by atoms with Crippen molar-refractivity contribution < 1.29 is 13.2 Å². The molecule has 0 atom stereocenters. The number of fused-ring (bicyclic) bond motifs is 1. The number of nitrogens with zero attached hydrogens (tertiary/aromatic N) is 1. The van der Waals surface area contributed by atoms with Gasteiger partial charge >= 0.3 is 0 Å². The highest BCUT2D eigenvalue weighted by atomic mass is 32.2. The summed E-state index contributed by atoms with van der Waals surface area (Å²) >= 11 is 0. The maximum atomic E-state index is 11.9. The minimum absolute atomic E-state index is 0.0910. The first kappa shape index (κ1) is 20.1. The molecule has 0 bridgehead atoms. The number of primary sulfonamides is 1. The number of aromatic amines is 1. The lowest BCUT2D eigenvalue weighted by molar-refractivity contribution is 0.297. The molecule has 154 valence electrons. The highest BCUT2D eigenvalue weighted by Crippen LogP contribution is 2.29. The fourth-order valence-electron chi connectivity index (χ4n) is 3.35. The molecular weight excluding hydrogens is 398 g/mol. The van der Waals surface area contributed by atoms with Crippen LogP contribution in [0.1, 0.15) is 31.2 Å². The largest absolute Gasteiger partial charge is 0.486 e. The summed E-state index contributed by atoms with van der Waals surface area (Å²) < 4.78 is 29.7. The lowest BCUT2D eigenvalue weighted by Gasteiger charge is -2.07. The van der Waals surface area contributed by atoms with Gasteiger partial charge in [-0.05, 0) is 47.4 Å². The van der Waals surface area contributed by atoms with Gasteiger partial charge in [0.1, 0.15) is 18.2 Å². The van der Waals surface area contributed by atoms with Gasteiger partial charge in [0, 0.05) is 5.56 Å². The van der Waals surface area contributed by atoms with Crippen molar-refractivity contribution in [3.8, 4) is 16.9 Å².